The van der Waals surface area contributed by atoms with Crippen LogP contribution in [0.3, 0.4) is 0 Å². The summed E-state index contributed by atoms with van der Waals surface area (Å²) in [6.45, 7) is 1.72. The van der Waals surface area contributed by atoms with Gasteiger partial charge in [0.25, 0.3) is 0 Å². The van der Waals surface area contributed by atoms with Crippen LogP contribution in [0.5, 0.6) is 5.75 Å². The van der Waals surface area contributed by atoms with Gasteiger partial charge < -0.3 is 10.4 Å². The standard InChI is InChI=1S/C19H15Cl2N3O3S3/c1-10(23-24-19(28)22-12-3-2-4-13(8-12)30(26)27)14-9-29-18(17(14)25)11-5-6-15(20)16(21)7-11/h2-9,25,30H,1H3,(H2,22,24,28)/b23-10+. The van der Waals surface area contributed by atoms with Crippen molar-refractivity contribution in [2.24, 2.45) is 5.10 Å². The number of rotatable bonds is 5. The van der Waals surface area contributed by atoms with Gasteiger partial charge in [0.15, 0.2) is 15.8 Å². The number of thiol groups is 1. The van der Waals surface area contributed by atoms with Crippen LogP contribution in [0.1, 0.15) is 12.5 Å². The number of aromatic hydroxyl groups is 1. The first-order chi connectivity index (χ1) is 14.3. The zero-order chi connectivity index (χ0) is 21.8. The Hall–Kier alpha value is -2.17. The molecule has 1 aromatic heterocycles. The Morgan fingerprint density at radius 3 is 2.63 bits per heavy atom. The highest BCUT2D eigenvalue weighted by Gasteiger charge is 2.15. The van der Waals surface area contributed by atoms with Crippen molar-refractivity contribution in [1.29, 1.82) is 0 Å². The van der Waals surface area contributed by atoms with E-state index in [1.54, 1.807) is 42.6 Å². The number of anilines is 1. The number of hydrogen-bond donors (Lipinski definition) is 4. The summed E-state index contributed by atoms with van der Waals surface area (Å²) >= 11 is 18.6. The molecule has 0 radical (unpaired) electrons. The van der Waals surface area contributed by atoms with Gasteiger partial charge in [0, 0.05) is 11.1 Å². The maximum absolute atomic E-state index is 11.1. The number of nitrogens with one attached hydrogen (secondary N) is 2. The first kappa shape index (κ1) is 22.5. The van der Waals surface area contributed by atoms with Crippen molar-refractivity contribution in [1.82, 2.24) is 5.43 Å². The molecule has 1 heterocycles. The molecular formula is C19H15Cl2N3O3S3. The number of thiophene rings is 1. The number of hydrazone groups is 1. The third kappa shape index (κ3) is 5.30. The minimum absolute atomic E-state index is 0.0762. The van der Waals surface area contributed by atoms with Gasteiger partial charge in [-0.15, -0.1) is 11.3 Å². The summed E-state index contributed by atoms with van der Waals surface area (Å²) in [6.07, 6.45) is 0. The summed E-state index contributed by atoms with van der Waals surface area (Å²) in [5, 5.41) is 20.5. The predicted octanol–water partition coefficient (Wildman–Crippen LogP) is 5.11. The molecule has 2 aromatic carbocycles. The predicted molar refractivity (Wildman–Crippen MR) is 128 cm³/mol. The Morgan fingerprint density at radius 1 is 1.17 bits per heavy atom. The van der Waals surface area contributed by atoms with Crippen LogP contribution < -0.4 is 10.7 Å². The average molecular weight is 500 g/mol. The molecule has 30 heavy (non-hydrogen) atoms. The monoisotopic (exact) mass is 499 g/mol. The first-order valence-corrected chi connectivity index (χ1v) is 11.6. The molecule has 11 heteroatoms. The lowest BCUT2D eigenvalue weighted by Gasteiger charge is -2.08. The molecule has 0 amide bonds. The summed E-state index contributed by atoms with van der Waals surface area (Å²) in [4.78, 5) is 0.817. The maximum atomic E-state index is 11.1. The van der Waals surface area contributed by atoms with Gasteiger partial charge in [-0.3, -0.25) is 5.43 Å². The Balaban J connectivity index is 1.73. The van der Waals surface area contributed by atoms with Gasteiger partial charge in [-0.2, -0.15) is 5.10 Å². The fourth-order valence-electron chi connectivity index (χ4n) is 2.50. The van der Waals surface area contributed by atoms with E-state index >= 15 is 0 Å². The van der Waals surface area contributed by atoms with Crippen molar-refractivity contribution in [3.8, 4) is 16.2 Å². The number of hydrogen-bond acceptors (Lipinski definition) is 6. The molecule has 3 rings (SSSR count). The molecule has 0 fully saturated rings. The Labute approximate surface area is 194 Å². The lowest BCUT2D eigenvalue weighted by molar-refractivity contribution is 0.478. The third-order valence-corrected chi connectivity index (χ3v) is 6.63. The first-order valence-electron chi connectivity index (χ1n) is 8.38. The van der Waals surface area contributed by atoms with E-state index in [0.29, 0.717) is 31.9 Å². The Bertz CT molecular complexity index is 1210. The number of halogens is 2. The summed E-state index contributed by atoms with van der Waals surface area (Å²) in [7, 11) is -2.68. The van der Waals surface area contributed by atoms with Crippen LogP contribution in [-0.4, -0.2) is 24.3 Å². The van der Waals surface area contributed by atoms with E-state index in [1.165, 1.54) is 23.5 Å². The van der Waals surface area contributed by atoms with Crippen LogP contribution in [0.2, 0.25) is 10.0 Å². The quantitative estimate of drug-likeness (QED) is 0.169. The molecular weight excluding hydrogens is 485 g/mol. The second-order valence-electron chi connectivity index (χ2n) is 6.03. The van der Waals surface area contributed by atoms with Gasteiger partial charge in [0.1, 0.15) is 5.75 Å². The molecule has 0 spiro atoms. The molecule has 0 saturated heterocycles. The van der Waals surface area contributed by atoms with Crippen LogP contribution in [0.4, 0.5) is 5.69 Å². The molecule has 0 unspecified atom stereocenters. The largest absolute Gasteiger partial charge is 0.506 e. The van der Waals surface area contributed by atoms with E-state index in [-0.39, 0.29) is 15.8 Å². The molecule has 6 nitrogen and oxygen atoms in total. The van der Waals surface area contributed by atoms with Crippen LogP contribution in [-0.2, 0) is 10.7 Å². The minimum Gasteiger partial charge on any atom is -0.506 e. The highest BCUT2D eigenvalue weighted by molar-refractivity contribution is 7.80. The second-order valence-corrected chi connectivity index (χ2v) is 9.16. The van der Waals surface area contributed by atoms with Gasteiger partial charge in [-0.1, -0.05) is 35.3 Å². The normalized spacial score (nSPS) is 11.5. The van der Waals surface area contributed by atoms with Gasteiger partial charge in [0.2, 0.25) is 0 Å². The van der Waals surface area contributed by atoms with E-state index < -0.39 is 10.7 Å². The average Bonchev–Trinajstić information content (AvgIpc) is 3.10. The van der Waals surface area contributed by atoms with Crippen LogP contribution in [0, 0.1) is 0 Å². The maximum Gasteiger partial charge on any atom is 0.191 e. The lowest BCUT2D eigenvalue weighted by atomic mass is 10.1. The molecule has 0 bridgehead atoms. The smallest absolute Gasteiger partial charge is 0.191 e. The fourth-order valence-corrected chi connectivity index (χ4v) is 4.42. The SMILES string of the molecule is C/C(=N\NC(=S)Nc1cccc([SH](=O)=O)c1)c1csc(-c2ccc(Cl)c(Cl)c2)c1O. The van der Waals surface area contributed by atoms with Crippen molar-refractivity contribution in [2.75, 3.05) is 5.32 Å². The third-order valence-electron chi connectivity index (χ3n) is 3.98. The van der Waals surface area contributed by atoms with Crippen molar-refractivity contribution < 1.29 is 13.5 Å². The van der Waals surface area contributed by atoms with E-state index in [2.05, 4.69) is 15.8 Å². The molecule has 0 aliphatic carbocycles. The molecule has 0 atom stereocenters. The van der Waals surface area contributed by atoms with Crippen molar-refractivity contribution in [2.45, 2.75) is 11.8 Å². The van der Waals surface area contributed by atoms with E-state index in [4.69, 9.17) is 35.4 Å². The number of thiocarbonyl (C=S) groups is 1. The fraction of sp³-hybridized carbons (Fsp3) is 0.0526. The van der Waals surface area contributed by atoms with Crippen LogP contribution in [0.15, 0.2) is 57.8 Å². The van der Waals surface area contributed by atoms with Crippen molar-refractivity contribution in [3.05, 3.63) is 63.5 Å². The van der Waals surface area contributed by atoms with E-state index in [1.807, 2.05) is 0 Å². The zero-order valence-electron chi connectivity index (χ0n) is 15.3. The molecule has 156 valence electrons. The highest BCUT2D eigenvalue weighted by Crippen LogP contribution is 2.40. The second kappa shape index (κ2) is 9.76. The summed E-state index contributed by atoms with van der Waals surface area (Å²) in [5.74, 6) is 0.0762. The molecule has 0 aliphatic rings. The highest BCUT2D eigenvalue weighted by atomic mass is 35.5. The van der Waals surface area contributed by atoms with Crippen molar-refractivity contribution >= 4 is 74.0 Å². The van der Waals surface area contributed by atoms with E-state index in [0.717, 1.165) is 5.56 Å². The Kier molecular flexibility index (Phi) is 7.32. The van der Waals surface area contributed by atoms with Crippen LogP contribution in [0.25, 0.3) is 10.4 Å². The van der Waals surface area contributed by atoms with Gasteiger partial charge >= 0.3 is 0 Å². The van der Waals surface area contributed by atoms with Crippen molar-refractivity contribution in [3.63, 3.8) is 0 Å². The molecule has 3 aromatic rings. The van der Waals surface area contributed by atoms with Crippen LogP contribution >= 0.6 is 46.8 Å². The van der Waals surface area contributed by atoms with Gasteiger partial charge in [-0.05, 0) is 55.0 Å². The topological polar surface area (TPSA) is 90.8 Å². The summed E-state index contributed by atoms with van der Waals surface area (Å²) in [6, 6.07) is 11.4. The minimum atomic E-state index is -2.68. The molecule has 3 N–H and O–H groups in total. The molecule has 0 aliphatic heterocycles. The van der Waals surface area contributed by atoms with Gasteiger partial charge in [-0.25, -0.2) is 8.42 Å². The summed E-state index contributed by atoms with van der Waals surface area (Å²) in [5.41, 5.74) is 4.99. The summed E-state index contributed by atoms with van der Waals surface area (Å²) < 4.78 is 22.2. The van der Waals surface area contributed by atoms with E-state index in [9.17, 15) is 13.5 Å². The van der Waals surface area contributed by atoms with Gasteiger partial charge in [0.05, 0.1) is 31.1 Å². The molecule has 0 saturated carbocycles. The lowest BCUT2D eigenvalue weighted by Crippen LogP contribution is -2.24. The Morgan fingerprint density at radius 2 is 1.93 bits per heavy atom. The number of benzene rings is 2. The zero-order valence-corrected chi connectivity index (χ0v) is 19.4. The number of nitrogens with zero attached hydrogens (tertiary/aromatic N) is 1.